The fraction of sp³-hybridized carbons (Fsp3) is 0.833. The molecular weight excluding hydrogens is 236 g/mol. The van der Waals surface area contributed by atoms with Crippen LogP contribution in [0.1, 0.15) is 32.6 Å². The van der Waals surface area contributed by atoms with Gasteiger partial charge in [0.2, 0.25) is 5.91 Å². The Labute approximate surface area is 107 Å². The highest BCUT2D eigenvalue weighted by Gasteiger charge is 2.22. The molecule has 0 aromatic rings. The quantitative estimate of drug-likeness (QED) is 0.698. The number of hydrogen-bond acceptors (Lipinski definition) is 3. The monoisotopic (exact) mass is 258 g/mol. The minimum Gasteiger partial charge on any atom is -0.465 e. The molecule has 18 heavy (non-hydrogen) atoms. The van der Waals surface area contributed by atoms with Crippen molar-refractivity contribution in [3.8, 4) is 0 Å². The van der Waals surface area contributed by atoms with Crippen LogP contribution < -0.4 is 5.32 Å². The van der Waals surface area contributed by atoms with E-state index in [9.17, 15) is 9.59 Å². The summed E-state index contributed by atoms with van der Waals surface area (Å²) >= 11 is 0. The molecule has 0 aromatic heterocycles. The van der Waals surface area contributed by atoms with Gasteiger partial charge in [0.25, 0.3) is 0 Å². The molecule has 1 saturated heterocycles. The molecule has 1 rings (SSSR count). The SMILES string of the molecule is CC(=O)N(CCCCNC(=O)O)C1CCOCC1. The van der Waals surface area contributed by atoms with Gasteiger partial charge in [0.15, 0.2) is 0 Å². The van der Waals surface area contributed by atoms with E-state index in [1.807, 2.05) is 4.90 Å². The minimum atomic E-state index is -0.997. The Bertz CT molecular complexity index is 277. The lowest BCUT2D eigenvalue weighted by atomic mass is 10.1. The van der Waals surface area contributed by atoms with E-state index in [1.54, 1.807) is 6.92 Å². The summed E-state index contributed by atoms with van der Waals surface area (Å²) in [5.41, 5.74) is 0. The number of carbonyl (C=O) groups excluding carboxylic acids is 1. The Morgan fingerprint density at radius 1 is 1.33 bits per heavy atom. The second kappa shape index (κ2) is 7.92. The van der Waals surface area contributed by atoms with Crippen LogP contribution in [0.15, 0.2) is 0 Å². The molecule has 1 fully saturated rings. The maximum Gasteiger partial charge on any atom is 0.404 e. The van der Waals surface area contributed by atoms with Crippen molar-refractivity contribution in [1.82, 2.24) is 10.2 Å². The minimum absolute atomic E-state index is 0.0908. The van der Waals surface area contributed by atoms with Gasteiger partial charge in [-0.05, 0) is 25.7 Å². The number of amides is 2. The van der Waals surface area contributed by atoms with E-state index in [4.69, 9.17) is 9.84 Å². The van der Waals surface area contributed by atoms with Gasteiger partial charge in [-0.25, -0.2) is 4.79 Å². The molecular formula is C12H22N2O4. The van der Waals surface area contributed by atoms with Gasteiger partial charge < -0.3 is 20.1 Å². The van der Waals surface area contributed by atoms with Crippen LogP contribution in [0.5, 0.6) is 0 Å². The summed E-state index contributed by atoms with van der Waals surface area (Å²) in [6, 6.07) is 0.281. The highest BCUT2D eigenvalue weighted by Crippen LogP contribution is 2.15. The molecule has 1 aliphatic rings. The summed E-state index contributed by atoms with van der Waals surface area (Å²) in [5.74, 6) is 0.0908. The molecule has 2 amide bonds. The standard InChI is InChI=1S/C12H22N2O4/c1-10(15)14(11-4-8-18-9-5-11)7-3-2-6-13-12(16)17/h11,13H,2-9H2,1H3,(H,16,17). The molecule has 6 heteroatoms. The lowest BCUT2D eigenvalue weighted by Gasteiger charge is -2.33. The number of nitrogens with one attached hydrogen (secondary N) is 1. The molecule has 0 unspecified atom stereocenters. The lowest BCUT2D eigenvalue weighted by molar-refractivity contribution is -0.133. The molecule has 6 nitrogen and oxygen atoms in total. The molecule has 0 saturated carbocycles. The van der Waals surface area contributed by atoms with E-state index >= 15 is 0 Å². The van der Waals surface area contributed by atoms with Gasteiger partial charge in [-0.2, -0.15) is 0 Å². The Hall–Kier alpha value is -1.30. The fourth-order valence-electron chi connectivity index (χ4n) is 2.20. The van der Waals surface area contributed by atoms with Crippen molar-refractivity contribution in [2.45, 2.75) is 38.6 Å². The van der Waals surface area contributed by atoms with E-state index < -0.39 is 6.09 Å². The number of ether oxygens (including phenoxy) is 1. The first-order valence-electron chi connectivity index (χ1n) is 6.43. The van der Waals surface area contributed by atoms with Crippen LogP contribution in [0, 0.1) is 0 Å². The number of carboxylic acid groups (broad SMARTS) is 1. The van der Waals surface area contributed by atoms with Gasteiger partial charge in [-0.1, -0.05) is 0 Å². The van der Waals surface area contributed by atoms with Gasteiger partial charge in [-0.15, -0.1) is 0 Å². The summed E-state index contributed by atoms with van der Waals surface area (Å²) in [5, 5.41) is 10.7. The van der Waals surface area contributed by atoms with Gasteiger partial charge in [0, 0.05) is 39.3 Å². The smallest absolute Gasteiger partial charge is 0.404 e. The molecule has 0 bridgehead atoms. The molecule has 0 radical (unpaired) electrons. The molecule has 0 aromatic carbocycles. The second-order valence-electron chi connectivity index (χ2n) is 4.49. The Balaban J connectivity index is 2.25. The first-order chi connectivity index (χ1) is 8.61. The molecule has 0 atom stereocenters. The van der Waals surface area contributed by atoms with E-state index in [0.717, 1.165) is 38.9 Å². The number of nitrogens with zero attached hydrogens (tertiary/aromatic N) is 1. The predicted molar refractivity (Wildman–Crippen MR) is 66.5 cm³/mol. The zero-order valence-corrected chi connectivity index (χ0v) is 10.9. The van der Waals surface area contributed by atoms with Gasteiger partial charge in [0.1, 0.15) is 0 Å². The molecule has 1 aliphatic heterocycles. The average Bonchev–Trinajstić information content (AvgIpc) is 2.34. The highest BCUT2D eigenvalue weighted by molar-refractivity contribution is 5.73. The summed E-state index contributed by atoms with van der Waals surface area (Å²) < 4.78 is 5.29. The van der Waals surface area contributed by atoms with Crippen LogP contribution in [0.3, 0.4) is 0 Å². The van der Waals surface area contributed by atoms with Crippen LogP contribution in [0.25, 0.3) is 0 Å². The molecule has 0 aliphatic carbocycles. The summed E-state index contributed by atoms with van der Waals surface area (Å²) in [6.07, 6.45) is 2.36. The van der Waals surface area contributed by atoms with Gasteiger partial charge in [0.05, 0.1) is 0 Å². The largest absolute Gasteiger partial charge is 0.465 e. The van der Waals surface area contributed by atoms with E-state index in [2.05, 4.69) is 5.32 Å². The van der Waals surface area contributed by atoms with Crippen molar-refractivity contribution in [3.63, 3.8) is 0 Å². The maximum absolute atomic E-state index is 11.6. The van der Waals surface area contributed by atoms with Gasteiger partial charge >= 0.3 is 6.09 Å². The Morgan fingerprint density at radius 2 is 2.00 bits per heavy atom. The number of hydrogen-bond donors (Lipinski definition) is 2. The van der Waals surface area contributed by atoms with E-state index in [0.29, 0.717) is 13.1 Å². The van der Waals surface area contributed by atoms with Crippen LogP contribution >= 0.6 is 0 Å². The van der Waals surface area contributed by atoms with Crippen molar-refractivity contribution < 1.29 is 19.4 Å². The second-order valence-corrected chi connectivity index (χ2v) is 4.49. The van der Waals surface area contributed by atoms with Crippen molar-refractivity contribution >= 4 is 12.0 Å². The van der Waals surface area contributed by atoms with Crippen molar-refractivity contribution in [1.29, 1.82) is 0 Å². The van der Waals surface area contributed by atoms with Crippen molar-refractivity contribution in [3.05, 3.63) is 0 Å². The summed E-state index contributed by atoms with van der Waals surface area (Å²) in [4.78, 5) is 23.7. The number of rotatable bonds is 6. The third-order valence-electron chi connectivity index (χ3n) is 3.14. The molecule has 1 heterocycles. The molecule has 0 spiro atoms. The average molecular weight is 258 g/mol. The zero-order chi connectivity index (χ0) is 13.4. The highest BCUT2D eigenvalue weighted by atomic mass is 16.5. The van der Waals surface area contributed by atoms with Crippen LogP contribution in [-0.4, -0.2) is 54.4 Å². The van der Waals surface area contributed by atoms with Crippen LogP contribution in [0.4, 0.5) is 4.79 Å². The number of carbonyl (C=O) groups is 2. The molecule has 104 valence electrons. The maximum atomic E-state index is 11.6. The number of unbranched alkanes of at least 4 members (excludes halogenated alkanes) is 1. The predicted octanol–water partition coefficient (Wildman–Crippen LogP) is 1.06. The molecule has 2 N–H and O–H groups in total. The normalized spacial score (nSPS) is 16.3. The Morgan fingerprint density at radius 3 is 2.56 bits per heavy atom. The summed E-state index contributed by atoms with van der Waals surface area (Å²) in [7, 11) is 0. The van der Waals surface area contributed by atoms with E-state index in [-0.39, 0.29) is 11.9 Å². The topological polar surface area (TPSA) is 78.9 Å². The summed E-state index contributed by atoms with van der Waals surface area (Å²) in [6.45, 7) is 4.16. The first kappa shape index (κ1) is 14.8. The zero-order valence-electron chi connectivity index (χ0n) is 10.9. The van der Waals surface area contributed by atoms with Crippen molar-refractivity contribution in [2.75, 3.05) is 26.3 Å². The van der Waals surface area contributed by atoms with Crippen LogP contribution in [-0.2, 0) is 9.53 Å². The van der Waals surface area contributed by atoms with E-state index in [1.165, 1.54) is 0 Å². The van der Waals surface area contributed by atoms with Crippen LogP contribution in [0.2, 0.25) is 0 Å². The first-order valence-corrected chi connectivity index (χ1v) is 6.43. The Kier molecular flexibility index (Phi) is 6.49. The lowest BCUT2D eigenvalue weighted by Crippen LogP contribution is -2.43. The van der Waals surface area contributed by atoms with Gasteiger partial charge in [-0.3, -0.25) is 4.79 Å². The third-order valence-corrected chi connectivity index (χ3v) is 3.14. The third kappa shape index (κ3) is 5.35. The fourth-order valence-corrected chi connectivity index (χ4v) is 2.20. The van der Waals surface area contributed by atoms with Crippen molar-refractivity contribution in [2.24, 2.45) is 0 Å².